The van der Waals surface area contributed by atoms with Gasteiger partial charge in [0.15, 0.2) is 5.82 Å². The first kappa shape index (κ1) is 18.4. The normalized spacial score (nSPS) is 11.4. The topological polar surface area (TPSA) is 41.7 Å². The van der Waals surface area contributed by atoms with Crippen molar-refractivity contribution in [2.45, 2.75) is 19.9 Å². The molecule has 1 aromatic heterocycles. The van der Waals surface area contributed by atoms with Gasteiger partial charge in [0.1, 0.15) is 0 Å². The number of fused-ring (bicyclic) bond motifs is 1. The lowest BCUT2D eigenvalue weighted by Crippen LogP contribution is -1.99. The van der Waals surface area contributed by atoms with E-state index in [2.05, 4.69) is 91.7 Å². The van der Waals surface area contributed by atoms with Crippen LogP contribution in [0.15, 0.2) is 93.7 Å². The molecule has 3 aromatic carbocycles. The maximum atomic E-state index is 4.59. The summed E-state index contributed by atoms with van der Waals surface area (Å²) in [7, 11) is 0. The molecule has 0 aliphatic rings. The fourth-order valence-corrected chi connectivity index (χ4v) is 3.67. The molecule has 0 saturated carbocycles. The van der Waals surface area contributed by atoms with E-state index in [1.54, 1.807) is 0 Å². The number of nitrogens with zero attached hydrogens (tertiary/aromatic N) is 3. The number of nitrogens with one attached hydrogen (secondary N) is 1. The summed E-state index contributed by atoms with van der Waals surface area (Å²) in [4.78, 5) is 0. The number of para-hydroxylation sites is 1. The summed E-state index contributed by atoms with van der Waals surface area (Å²) >= 11 is 3.44. The summed E-state index contributed by atoms with van der Waals surface area (Å²) in [6.07, 6.45) is 0.898. The fourth-order valence-electron chi connectivity index (χ4n) is 3.41. The first-order chi connectivity index (χ1) is 13.8. The largest absolute Gasteiger partial charge is 0.320 e. The summed E-state index contributed by atoms with van der Waals surface area (Å²) in [5.41, 5.74) is 7.57. The second kappa shape index (κ2) is 8.40. The molecule has 28 heavy (non-hydrogen) atoms. The second-order valence-corrected chi connectivity index (χ2v) is 7.48. The minimum absolute atomic E-state index is 0.758. The Labute approximate surface area is 173 Å². The number of aryl methyl sites for hydroxylation is 1. The fraction of sp³-hybridized carbons (Fsp3) is 0.130. The highest BCUT2D eigenvalue weighted by atomic mass is 79.9. The third-order valence-corrected chi connectivity index (χ3v) is 5.28. The van der Waals surface area contributed by atoms with Gasteiger partial charge in [0, 0.05) is 22.0 Å². The zero-order chi connectivity index (χ0) is 19.3. The Morgan fingerprint density at radius 2 is 1.61 bits per heavy atom. The van der Waals surface area contributed by atoms with Gasteiger partial charge < -0.3 is 4.57 Å². The molecule has 0 aliphatic carbocycles. The number of hydrogen-bond acceptors (Lipinski definition) is 2. The Morgan fingerprint density at radius 1 is 0.893 bits per heavy atom. The molecule has 0 aliphatic heterocycles. The highest BCUT2D eigenvalue weighted by Gasteiger charge is 2.16. The highest BCUT2D eigenvalue weighted by Crippen LogP contribution is 2.34. The van der Waals surface area contributed by atoms with Crippen molar-refractivity contribution in [3.05, 3.63) is 94.5 Å². The third-order valence-electron chi connectivity index (χ3n) is 4.75. The average Bonchev–Trinajstić information content (AvgIpc) is 3.03. The quantitative estimate of drug-likeness (QED) is 0.255. The summed E-state index contributed by atoms with van der Waals surface area (Å²) < 4.78 is 3.28. The summed E-state index contributed by atoms with van der Waals surface area (Å²) in [6, 6.07) is 26.8. The van der Waals surface area contributed by atoms with E-state index >= 15 is 0 Å². The predicted molar refractivity (Wildman–Crippen MR) is 119 cm³/mol. The van der Waals surface area contributed by atoms with Crippen molar-refractivity contribution in [2.75, 3.05) is 5.43 Å². The van der Waals surface area contributed by atoms with E-state index in [0.717, 1.165) is 28.9 Å². The third kappa shape index (κ3) is 3.85. The van der Waals surface area contributed by atoms with Gasteiger partial charge in [-0.3, -0.25) is 5.43 Å². The lowest BCUT2D eigenvalue weighted by Gasteiger charge is -2.08. The van der Waals surface area contributed by atoms with Crippen molar-refractivity contribution in [2.24, 2.45) is 10.3 Å². The Hall–Kier alpha value is -2.92. The number of aromatic nitrogens is 1. The van der Waals surface area contributed by atoms with Crippen LogP contribution in [0.5, 0.6) is 0 Å². The van der Waals surface area contributed by atoms with Crippen LogP contribution in [0, 0.1) is 0 Å². The monoisotopic (exact) mass is 432 g/mol. The van der Waals surface area contributed by atoms with Gasteiger partial charge >= 0.3 is 0 Å². The van der Waals surface area contributed by atoms with Crippen molar-refractivity contribution in [3.8, 4) is 0 Å². The van der Waals surface area contributed by atoms with Crippen molar-refractivity contribution in [3.63, 3.8) is 0 Å². The van der Waals surface area contributed by atoms with Gasteiger partial charge in [-0.2, -0.15) is 0 Å². The van der Waals surface area contributed by atoms with Crippen LogP contribution in [0.25, 0.3) is 10.9 Å². The molecule has 0 spiro atoms. The van der Waals surface area contributed by atoms with Gasteiger partial charge in [-0.1, -0.05) is 76.6 Å². The van der Waals surface area contributed by atoms with Crippen molar-refractivity contribution >= 4 is 38.3 Å². The molecule has 0 radical (unpaired) electrons. The predicted octanol–water partition coefficient (Wildman–Crippen LogP) is 7.13. The molecule has 1 N–H and O–H groups in total. The van der Waals surface area contributed by atoms with Crippen molar-refractivity contribution < 1.29 is 0 Å². The maximum absolute atomic E-state index is 4.59. The van der Waals surface area contributed by atoms with Crippen LogP contribution in [0.1, 0.15) is 18.1 Å². The van der Waals surface area contributed by atoms with Crippen LogP contribution in [-0.4, -0.2) is 4.57 Å². The van der Waals surface area contributed by atoms with E-state index in [-0.39, 0.29) is 0 Å². The molecule has 0 saturated heterocycles. The molecule has 0 fully saturated rings. The SMILES string of the molecule is CCc1c(/N=N/Nc2ccc(Br)cc2)n(Cc2ccccc2)c2ccccc12. The van der Waals surface area contributed by atoms with Crippen molar-refractivity contribution in [1.29, 1.82) is 0 Å². The molecule has 4 rings (SSSR count). The van der Waals surface area contributed by atoms with E-state index in [9.17, 15) is 0 Å². The molecule has 0 atom stereocenters. The molecular weight excluding hydrogens is 412 g/mol. The van der Waals surface area contributed by atoms with Gasteiger partial charge in [0.25, 0.3) is 0 Å². The van der Waals surface area contributed by atoms with E-state index < -0.39 is 0 Å². The molecule has 1 heterocycles. The van der Waals surface area contributed by atoms with Gasteiger partial charge in [-0.15, -0.1) is 5.11 Å². The number of anilines is 1. The number of benzene rings is 3. The van der Waals surface area contributed by atoms with E-state index in [1.807, 2.05) is 30.3 Å². The first-order valence-corrected chi connectivity index (χ1v) is 10.1. The van der Waals surface area contributed by atoms with Crippen LogP contribution in [0.4, 0.5) is 11.5 Å². The van der Waals surface area contributed by atoms with E-state index in [1.165, 1.54) is 22.0 Å². The zero-order valence-electron chi connectivity index (χ0n) is 15.6. The lowest BCUT2D eigenvalue weighted by atomic mass is 10.1. The van der Waals surface area contributed by atoms with Crippen LogP contribution in [0.3, 0.4) is 0 Å². The molecule has 0 bridgehead atoms. The molecule has 4 aromatic rings. The standard InChI is InChI=1S/C23H21BrN4/c1-2-20-21-10-6-7-11-22(21)28(16-17-8-4-3-5-9-17)23(20)26-27-25-19-14-12-18(24)13-15-19/h3-15H,2,16H2,1H3,(H,25,26). The molecular formula is C23H21BrN4. The minimum atomic E-state index is 0.758. The summed E-state index contributed by atoms with van der Waals surface area (Å²) in [6.45, 7) is 2.92. The van der Waals surface area contributed by atoms with E-state index in [4.69, 9.17) is 0 Å². The van der Waals surface area contributed by atoms with Gasteiger partial charge in [-0.25, -0.2) is 0 Å². The number of rotatable bonds is 6. The first-order valence-electron chi connectivity index (χ1n) is 9.32. The smallest absolute Gasteiger partial charge is 0.161 e. The molecule has 0 unspecified atom stereocenters. The van der Waals surface area contributed by atoms with Crippen LogP contribution in [0.2, 0.25) is 0 Å². The van der Waals surface area contributed by atoms with Gasteiger partial charge in [-0.05, 0) is 42.3 Å². The van der Waals surface area contributed by atoms with Crippen LogP contribution < -0.4 is 5.43 Å². The lowest BCUT2D eigenvalue weighted by molar-refractivity contribution is 0.820. The Balaban J connectivity index is 1.73. The Bertz CT molecular complexity index is 1100. The number of hydrogen-bond donors (Lipinski definition) is 1. The number of halogens is 1. The van der Waals surface area contributed by atoms with Crippen molar-refractivity contribution in [1.82, 2.24) is 4.57 Å². The Morgan fingerprint density at radius 3 is 2.36 bits per heavy atom. The van der Waals surface area contributed by atoms with Gasteiger partial charge in [0.2, 0.25) is 0 Å². The molecule has 0 amide bonds. The van der Waals surface area contributed by atoms with Crippen LogP contribution >= 0.6 is 15.9 Å². The average molecular weight is 433 g/mol. The second-order valence-electron chi connectivity index (χ2n) is 6.56. The van der Waals surface area contributed by atoms with E-state index in [0.29, 0.717) is 0 Å². The highest BCUT2D eigenvalue weighted by molar-refractivity contribution is 9.10. The van der Waals surface area contributed by atoms with Crippen LogP contribution in [-0.2, 0) is 13.0 Å². The maximum Gasteiger partial charge on any atom is 0.161 e. The Kier molecular flexibility index (Phi) is 5.53. The summed E-state index contributed by atoms with van der Waals surface area (Å²) in [5.74, 6) is 0.900. The zero-order valence-corrected chi connectivity index (χ0v) is 17.2. The summed E-state index contributed by atoms with van der Waals surface area (Å²) in [5, 5.41) is 10.1. The molecule has 140 valence electrons. The minimum Gasteiger partial charge on any atom is -0.320 e. The van der Waals surface area contributed by atoms with Gasteiger partial charge in [0.05, 0.1) is 11.2 Å². The molecule has 5 heteroatoms. The molecule has 4 nitrogen and oxygen atoms in total.